The quantitative estimate of drug-likeness (QED) is 0.301. The van der Waals surface area contributed by atoms with Gasteiger partial charge in [0, 0.05) is 12.3 Å². The molecule has 0 aromatic heterocycles. The minimum absolute atomic E-state index is 0.0343. The second-order valence-electron chi connectivity index (χ2n) is 14.9. The van der Waals surface area contributed by atoms with Crippen LogP contribution >= 0.6 is 0 Å². The van der Waals surface area contributed by atoms with Crippen molar-refractivity contribution in [3.63, 3.8) is 0 Å². The molecule has 5 rings (SSSR count). The smallest absolute Gasteiger partial charge is 0.302 e. The van der Waals surface area contributed by atoms with Gasteiger partial charge in [-0.1, -0.05) is 65.3 Å². The Kier molecular flexibility index (Phi) is 5.42. The highest BCUT2D eigenvalue weighted by Gasteiger charge is 2.68. The van der Waals surface area contributed by atoms with Gasteiger partial charge >= 0.3 is 5.97 Å². The first-order valence-corrected chi connectivity index (χ1v) is 14.2. The summed E-state index contributed by atoms with van der Waals surface area (Å²) in [4.78, 5) is 11.9. The van der Waals surface area contributed by atoms with Crippen LogP contribution in [0.5, 0.6) is 0 Å². The lowest BCUT2D eigenvalue weighted by Gasteiger charge is -2.70. The average molecular weight is 467 g/mol. The second-order valence-corrected chi connectivity index (χ2v) is 14.9. The summed E-state index contributed by atoms with van der Waals surface area (Å²) in [6.07, 6.45) is 14.2. The van der Waals surface area contributed by atoms with Crippen LogP contribution in [0.2, 0.25) is 0 Å². The first-order chi connectivity index (χ1) is 15.7. The molecule has 5 aliphatic rings. The van der Waals surface area contributed by atoms with Crippen LogP contribution in [0, 0.1) is 50.7 Å². The number of allylic oxidation sites excluding steroid dienone is 3. The van der Waals surface area contributed by atoms with Crippen LogP contribution in [0.15, 0.2) is 23.8 Å². The molecular weight excluding hydrogens is 416 g/mol. The Morgan fingerprint density at radius 2 is 1.62 bits per heavy atom. The van der Waals surface area contributed by atoms with Crippen molar-refractivity contribution in [1.82, 2.24) is 0 Å². The number of hydrogen-bond acceptors (Lipinski definition) is 2. The molecule has 0 amide bonds. The van der Waals surface area contributed by atoms with E-state index >= 15 is 0 Å². The van der Waals surface area contributed by atoms with Gasteiger partial charge in [-0.15, -0.1) is 0 Å². The molecule has 0 radical (unpaired) electrons. The minimum atomic E-state index is -0.117. The molecule has 34 heavy (non-hydrogen) atoms. The van der Waals surface area contributed by atoms with Crippen molar-refractivity contribution in [3.8, 4) is 0 Å². The summed E-state index contributed by atoms with van der Waals surface area (Å²) in [5, 5.41) is 0. The van der Waals surface area contributed by atoms with E-state index in [0.717, 1.165) is 6.42 Å². The highest BCUT2D eigenvalue weighted by Crippen LogP contribution is 2.76. The molecule has 5 aliphatic carbocycles. The van der Waals surface area contributed by atoms with Crippen LogP contribution in [-0.2, 0) is 9.53 Å². The third-order valence-corrected chi connectivity index (χ3v) is 13.1. The Labute approximate surface area is 209 Å². The summed E-state index contributed by atoms with van der Waals surface area (Å²) in [6, 6.07) is 0. The van der Waals surface area contributed by atoms with Gasteiger partial charge in [0.2, 0.25) is 0 Å². The third kappa shape index (κ3) is 3.02. The number of esters is 1. The summed E-state index contributed by atoms with van der Waals surface area (Å²) in [5.41, 5.74) is 4.67. The number of hydrogen-bond donors (Lipinski definition) is 0. The molecule has 0 heterocycles. The van der Waals surface area contributed by atoms with E-state index in [9.17, 15) is 4.79 Å². The number of ether oxygens (including phenoxy) is 1. The molecule has 0 bridgehead atoms. The molecule has 4 fully saturated rings. The van der Waals surface area contributed by atoms with Gasteiger partial charge in [-0.2, -0.15) is 0 Å². The zero-order valence-electron chi connectivity index (χ0n) is 23.4. The summed E-state index contributed by atoms with van der Waals surface area (Å²) >= 11 is 0. The van der Waals surface area contributed by atoms with Gasteiger partial charge in [0.25, 0.3) is 0 Å². The topological polar surface area (TPSA) is 26.3 Å². The number of carbonyl (C=O) groups excluding carboxylic acids is 1. The van der Waals surface area contributed by atoms with Crippen LogP contribution in [0.4, 0.5) is 0 Å². The van der Waals surface area contributed by atoms with Crippen molar-refractivity contribution in [3.05, 3.63) is 23.8 Å². The third-order valence-electron chi connectivity index (χ3n) is 13.1. The number of rotatable bonds is 2. The summed E-state index contributed by atoms with van der Waals surface area (Å²) in [6.45, 7) is 23.7. The van der Waals surface area contributed by atoms with Gasteiger partial charge in [0.1, 0.15) is 6.10 Å². The molecule has 2 nitrogen and oxygen atoms in total. The van der Waals surface area contributed by atoms with E-state index in [1.54, 1.807) is 6.92 Å². The molecule has 4 saturated carbocycles. The average Bonchev–Trinajstić information content (AvgIpc) is 3.08. The monoisotopic (exact) mass is 466 g/mol. The van der Waals surface area contributed by atoms with Gasteiger partial charge in [0.15, 0.2) is 0 Å². The van der Waals surface area contributed by atoms with Gasteiger partial charge in [-0.3, -0.25) is 4.79 Å². The largest absolute Gasteiger partial charge is 0.462 e. The minimum Gasteiger partial charge on any atom is -0.462 e. The van der Waals surface area contributed by atoms with Crippen molar-refractivity contribution in [1.29, 1.82) is 0 Å². The molecule has 0 spiro atoms. The molecule has 0 saturated heterocycles. The Bertz CT molecular complexity index is 927. The Morgan fingerprint density at radius 3 is 2.26 bits per heavy atom. The molecule has 0 aromatic carbocycles. The fraction of sp³-hybridized carbons (Fsp3) is 0.844. The number of carbonyl (C=O) groups is 1. The number of fused-ring (bicyclic) bond motifs is 7. The maximum atomic E-state index is 11.9. The van der Waals surface area contributed by atoms with E-state index < -0.39 is 0 Å². The zero-order chi connectivity index (χ0) is 24.9. The maximum absolute atomic E-state index is 11.9. The zero-order valence-corrected chi connectivity index (χ0v) is 23.4. The molecule has 2 heteroatoms. The molecule has 0 aliphatic heterocycles. The summed E-state index contributed by atoms with van der Waals surface area (Å²) < 4.78 is 5.90. The summed E-state index contributed by atoms with van der Waals surface area (Å²) in [7, 11) is 0. The van der Waals surface area contributed by atoms with E-state index in [1.807, 2.05) is 5.57 Å². The predicted molar refractivity (Wildman–Crippen MR) is 140 cm³/mol. The van der Waals surface area contributed by atoms with E-state index in [4.69, 9.17) is 4.74 Å². The van der Waals surface area contributed by atoms with Crippen molar-refractivity contribution in [2.24, 2.45) is 50.7 Å². The van der Waals surface area contributed by atoms with E-state index in [-0.39, 0.29) is 17.5 Å². The first kappa shape index (κ1) is 24.6. The standard InChI is InChI=1S/C32H50O2/c1-20(2)22-12-15-29(6)18-19-31(8)23(27(22)29)10-11-25-30(7)16-14-26(34-21(3)33)28(4,5)24(30)13-17-32(25,31)9/h10,22,24-27H,1,11-19H2,2-9H3/t22-,24-,25+,26-,27+,29+,30-,31+,32+/m0/s1. The Hall–Kier alpha value is -1.05. The van der Waals surface area contributed by atoms with Crippen molar-refractivity contribution in [2.45, 2.75) is 119 Å². The van der Waals surface area contributed by atoms with E-state index in [2.05, 4.69) is 61.1 Å². The first-order valence-electron chi connectivity index (χ1n) is 14.2. The molecule has 190 valence electrons. The van der Waals surface area contributed by atoms with Gasteiger partial charge in [-0.25, -0.2) is 0 Å². The molecule has 9 atom stereocenters. The van der Waals surface area contributed by atoms with Crippen LogP contribution in [0.1, 0.15) is 113 Å². The Morgan fingerprint density at radius 1 is 0.912 bits per heavy atom. The fourth-order valence-electron chi connectivity index (χ4n) is 11.1. The lowest BCUT2D eigenvalue weighted by Crippen LogP contribution is -2.64. The molecule has 0 N–H and O–H groups in total. The SMILES string of the molecule is C=C(C)[C@@H]1CC[C@]2(C)CC[C@]3(C)C(=CC[C@@H]4[C@@]5(C)CC[C@H](OC(C)=O)C(C)(C)[C@@H]5CC[C@]43C)[C@@H]12. The van der Waals surface area contributed by atoms with Gasteiger partial charge in [0.05, 0.1) is 0 Å². The molecular formula is C32H50O2. The van der Waals surface area contributed by atoms with Crippen LogP contribution in [-0.4, -0.2) is 12.1 Å². The van der Waals surface area contributed by atoms with Gasteiger partial charge in [-0.05, 0) is 110 Å². The Balaban J connectivity index is 1.55. The van der Waals surface area contributed by atoms with E-state index in [1.165, 1.54) is 56.9 Å². The maximum Gasteiger partial charge on any atom is 0.302 e. The molecule has 0 unspecified atom stereocenters. The van der Waals surface area contributed by atoms with Crippen molar-refractivity contribution >= 4 is 5.97 Å². The highest BCUT2D eigenvalue weighted by atomic mass is 16.5. The predicted octanol–water partition coefficient (Wildman–Crippen LogP) is 8.52. The lowest BCUT2D eigenvalue weighted by atomic mass is 9.34. The molecule has 0 aromatic rings. The van der Waals surface area contributed by atoms with Crippen LogP contribution in [0.25, 0.3) is 0 Å². The normalized spacial score (nSPS) is 51.3. The van der Waals surface area contributed by atoms with Crippen LogP contribution < -0.4 is 0 Å². The summed E-state index contributed by atoms with van der Waals surface area (Å²) in [5.74, 6) is 2.57. The van der Waals surface area contributed by atoms with Gasteiger partial charge < -0.3 is 4.74 Å². The second kappa shape index (κ2) is 7.48. The van der Waals surface area contributed by atoms with Crippen LogP contribution in [0.3, 0.4) is 0 Å². The lowest BCUT2D eigenvalue weighted by molar-refractivity contribution is -0.210. The van der Waals surface area contributed by atoms with Crippen molar-refractivity contribution < 1.29 is 9.53 Å². The highest BCUT2D eigenvalue weighted by molar-refractivity contribution is 5.66. The van der Waals surface area contributed by atoms with Crippen molar-refractivity contribution in [2.75, 3.05) is 0 Å². The fourth-order valence-corrected chi connectivity index (χ4v) is 11.1. The van der Waals surface area contributed by atoms with E-state index in [0.29, 0.717) is 45.3 Å².